The third-order valence-corrected chi connectivity index (χ3v) is 7.60. The maximum Gasteiger partial charge on any atom is 0.253 e. The molecule has 0 spiro atoms. The van der Waals surface area contributed by atoms with Crippen LogP contribution >= 0.6 is 0 Å². The lowest BCUT2D eigenvalue weighted by Gasteiger charge is -2.18. The number of benzene rings is 2. The van der Waals surface area contributed by atoms with Gasteiger partial charge < -0.3 is 15.2 Å². The van der Waals surface area contributed by atoms with E-state index >= 15 is 0 Å². The van der Waals surface area contributed by atoms with Crippen LogP contribution in [0.5, 0.6) is 0 Å². The molecule has 0 fully saturated rings. The molecule has 0 aliphatic carbocycles. The molecule has 2 aromatic carbocycles. The van der Waals surface area contributed by atoms with E-state index in [0.29, 0.717) is 47.9 Å². The Balaban J connectivity index is 1.32. The Kier molecular flexibility index (Phi) is 7.89. The summed E-state index contributed by atoms with van der Waals surface area (Å²) in [5.74, 6) is 0.882. The topological polar surface area (TPSA) is 133 Å². The molecular formula is C34H34N8O2. The molecule has 4 aromatic heterocycles. The average molecular weight is 587 g/mol. The van der Waals surface area contributed by atoms with Crippen LogP contribution in [0, 0.1) is 5.92 Å². The molecule has 44 heavy (non-hydrogen) atoms. The van der Waals surface area contributed by atoms with Crippen LogP contribution in [0.3, 0.4) is 0 Å². The number of nitrogens with zero attached hydrogens (tertiary/aromatic N) is 5. The third kappa shape index (κ3) is 5.66. The van der Waals surface area contributed by atoms with Crippen molar-refractivity contribution in [3.8, 4) is 33.8 Å². The molecule has 0 aliphatic rings. The minimum atomic E-state index is -0.0436. The van der Waals surface area contributed by atoms with Gasteiger partial charge in [0.2, 0.25) is 5.91 Å². The van der Waals surface area contributed by atoms with Crippen LogP contribution in [0.25, 0.3) is 55.8 Å². The van der Waals surface area contributed by atoms with Crippen molar-refractivity contribution in [2.45, 2.75) is 34.1 Å². The highest BCUT2D eigenvalue weighted by Crippen LogP contribution is 2.33. The zero-order valence-corrected chi connectivity index (χ0v) is 25.2. The van der Waals surface area contributed by atoms with Crippen molar-refractivity contribution in [1.29, 1.82) is 0 Å². The summed E-state index contributed by atoms with van der Waals surface area (Å²) >= 11 is 0. The molecule has 0 saturated carbocycles. The quantitative estimate of drug-likeness (QED) is 0.173. The zero-order chi connectivity index (χ0) is 30.8. The number of rotatable bonds is 9. The maximum absolute atomic E-state index is 12.8. The van der Waals surface area contributed by atoms with Crippen molar-refractivity contribution in [1.82, 2.24) is 35.0 Å². The summed E-state index contributed by atoms with van der Waals surface area (Å²) in [7, 11) is 0. The molecule has 6 aromatic rings. The number of anilines is 1. The molecule has 0 radical (unpaired) electrons. The molecule has 2 amide bonds. The number of fused-ring (bicyclic) bond motifs is 2. The number of aromatic nitrogens is 6. The van der Waals surface area contributed by atoms with Gasteiger partial charge in [0.1, 0.15) is 5.69 Å². The monoisotopic (exact) mass is 586 g/mol. The zero-order valence-electron chi connectivity index (χ0n) is 25.2. The predicted octanol–water partition coefficient (Wildman–Crippen LogP) is 6.70. The number of carbonyl (C=O) groups is 2. The molecule has 0 bridgehead atoms. The largest absolute Gasteiger partial charge is 0.339 e. The standard InChI is InChI=1S/C34H34N8O2/c1-5-42(6-2)34(44)22-12-10-21(11-13-22)26-8-7-9-28-30(26)39-33(38-28)31-27-16-24(18-36-32(27)41-40-31)23-15-25(19-35-17-23)37-29(43)14-20(3)4/h7-13,15-20H,5-6,14H2,1-4H3,(H,37,43)(H,38,39)(H,36,40,41). The highest BCUT2D eigenvalue weighted by atomic mass is 16.2. The molecular weight excluding hydrogens is 552 g/mol. The smallest absolute Gasteiger partial charge is 0.253 e. The Morgan fingerprint density at radius 1 is 0.932 bits per heavy atom. The van der Waals surface area contributed by atoms with Crippen LogP contribution in [-0.4, -0.2) is 59.9 Å². The molecule has 6 rings (SSSR count). The van der Waals surface area contributed by atoms with Crippen molar-refractivity contribution >= 4 is 39.6 Å². The van der Waals surface area contributed by atoms with Crippen molar-refractivity contribution in [2.75, 3.05) is 18.4 Å². The van der Waals surface area contributed by atoms with Gasteiger partial charge in [0, 0.05) is 54.2 Å². The van der Waals surface area contributed by atoms with Gasteiger partial charge in [-0.15, -0.1) is 0 Å². The fraction of sp³-hybridized carbons (Fsp3) is 0.235. The highest BCUT2D eigenvalue weighted by molar-refractivity contribution is 5.99. The van der Waals surface area contributed by atoms with E-state index in [1.165, 1.54) is 0 Å². The van der Waals surface area contributed by atoms with E-state index in [1.54, 1.807) is 18.6 Å². The van der Waals surface area contributed by atoms with Gasteiger partial charge in [0.05, 0.1) is 28.3 Å². The number of pyridine rings is 2. The van der Waals surface area contributed by atoms with E-state index in [9.17, 15) is 9.59 Å². The van der Waals surface area contributed by atoms with Crippen LogP contribution in [-0.2, 0) is 4.79 Å². The molecule has 3 N–H and O–H groups in total. The van der Waals surface area contributed by atoms with Crippen LogP contribution in [0.2, 0.25) is 0 Å². The number of amides is 2. The number of carbonyl (C=O) groups excluding carboxylic acids is 2. The van der Waals surface area contributed by atoms with Crippen LogP contribution < -0.4 is 5.32 Å². The number of imidazole rings is 1. The van der Waals surface area contributed by atoms with E-state index in [0.717, 1.165) is 38.7 Å². The minimum absolute atomic E-state index is 0.0271. The maximum atomic E-state index is 12.8. The Morgan fingerprint density at radius 2 is 1.70 bits per heavy atom. The number of para-hydroxylation sites is 1. The van der Waals surface area contributed by atoms with Gasteiger partial charge in [-0.25, -0.2) is 9.97 Å². The fourth-order valence-electron chi connectivity index (χ4n) is 5.36. The van der Waals surface area contributed by atoms with Crippen LogP contribution in [0.4, 0.5) is 5.69 Å². The van der Waals surface area contributed by atoms with E-state index in [4.69, 9.17) is 4.98 Å². The van der Waals surface area contributed by atoms with Crippen molar-refractivity contribution in [2.24, 2.45) is 5.92 Å². The van der Waals surface area contributed by atoms with Crippen LogP contribution in [0.15, 0.2) is 73.2 Å². The Labute approximate surface area is 255 Å². The molecule has 10 nitrogen and oxygen atoms in total. The van der Waals surface area contributed by atoms with Gasteiger partial charge in [-0.05, 0) is 55.7 Å². The molecule has 0 aliphatic heterocycles. The minimum Gasteiger partial charge on any atom is -0.339 e. The van der Waals surface area contributed by atoms with Crippen molar-refractivity contribution in [3.63, 3.8) is 0 Å². The Hall–Kier alpha value is -5.38. The second-order valence-electron chi connectivity index (χ2n) is 11.1. The van der Waals surface area contributed by atoms with Crippen molar-refractivity contribution in [3.05, 3.63) is 78.8 Å². The first kappa shape index (κ1) is 28.7. The Morgan fingerprint density at radius 3 is 2.45 bits per heavy atom. The van der Waals surface area contributed by atoms with Gasteiger partial charge in [-0.3, -0.25) is 19.7 Å². The third-order valence-electron chi connectivity index (χ3n) is 7.60. The molecule has 222 valence electrons. The lowest BCUT2D eigenvalue weighted by atomic mass is 10.0. The lowest BCUT2D eigenvalue weighted by Crippen LogP contribution is -2.30. The molecule has 0 unspecified atom stereocenters. The lowest BCUT2D eigenvalue weighted by molar-refractivity contribution is -0.116. The normalized spacial score (nSPS) is 11.4. The van der Waals surface area contributed by atoms with Gasteiger partial charge in [-0.1, -0.05) is 38.1 Å². The van der Waals surface area contributed by atoms with Crippen LogP contribution in [0.1, 0.15) is 44.5 Å². The average Bonchev–Trinajstić information content (AvgIpc) is 3.65. The molecule has 0 atom stereocenters. The summed E-state index contributed by atoms with van der Waals surface area (Å²) in [4.78, 5) is 44.2. The van der Waals surface area contributed by atoms with Gasteiger partial charge >= 0.3 is 0 Å². The van der Waals surface area contributed by atoms with Gasteiger partial charge in [0.15, 0.2) is 11.5 Å². The summed E-state index contributed by atoms with van der Waals surface area (Å²) < 4.78 is 0. The van der Waals surface area contributed by atoms with Gasteiger partial charge in [0.25, 0.3) is 5.91 Å². The summed E-state index contributed by atoms with van der Waals surface area (Å²) in [5, 5.41) is 11.3. The van der Waals surface area contributed by atoms with Gasteiger partial charge in [-0.2, -0.15) is 5.10 Å². The predicted molar refractivity (Wildman–Crippen MR) is 173 cm³/mol. The van der Waals surface area contributed by atoms with Crippen molar-refractivity contribution < 1.29 is 9.59 Å². The second kappa shape index (κ2) is 12.1. The van der Waals surface area contributed by atoms with E-state index in [-0.39, 0.29) is 17.7 Å². The van der Waals surface area contributed by atoms with E-state index in [2.05, 4.69) is 30.5 Å². The first-order chi connectivity index (χ1) is 21.3. The van der Waals surface area contributed by atoms with E-state index in [1.807, 2.05) is 87.2 Å². The Bertz CT molecular complexity index is 1970. The SMILES string of the molecule is CCN(CC)C(=O)c1ccc(-c2cccc3[nH]c(-c4[nH]nc5ncc(-c6cncc(NC(=O)CC(C)C)c6)cc45)nc23)cc1. The summed E-state index contributed by atoms with van der Waals surface area (Å²) in [6, 6.07) is 17.6. The molecule has 10 heteroatoms. The summed E-state index contributed by atoms with van der Waals surface area (Å²) in [5.41, 5.74) is 7.85. The first-order valence-corrected chi connectivity index (χ1v) is 14.8. The number of hydrogen-bond acceptors (Lipinski definition) is 6. The number of nitrogens with one attached hydrogen (secondary N) is 3. The molecule has 0 saturated heterocycles. The number of hydrogen-bond donors (Lipinski definition) is 3. The summed E-state index contributed by atoms with van der Waals surface area (Å²) in [6.07, 6.45) is 5.57. The summed E-state index contributed by atoms with van der Waals surface area (Å²) in [6.45, 7) is 9.33. The second-order valence-corrected chi connectivity index (χ2v) is 11.1. The first-order valence-electron chi connectivity index (χ1n) is 14.8. The van der Waals surface area contributed by atoms with E-state index < -0.39 is 0 Å². The fourth-order valence-corrected chi connectivity index (χ4v) is 5.36. The molecule has 4 heterocycles. The number of aromatic amines is 2. The number of H-pyrrole nitrogens is 2. The highest BCUT2D eigenvalue weighted by Gasteiger charge is 2.17.